The molecule has 0 bridgehead atoms. The maximum atomic E-state index is 10.3. The summed E-state index contributed by atoms with van der Waals surface area (Å²) in [6.07, 6.45) is 0.713. The second kappa shape index (κ2) is 13.2. The van der Waals surface area contributed by atoms with Crippen LogP contribution >= 0.6 is 23.2 Å². The van der Waals surface area contributed by atoms with Gasteiger partial charge in [-0.2, -0.15) is 0 Å². The van der Waals surface area contributed by atoms with Gasteiger partial charge in [0.1, 0.15) is 42.7 Å². The van der Waals surface area contributed by atoms with Crippen LogP contribution in [-0.4, -0.2) is 79.9 Å². The Labute approximate surface area is 205 Å². The van der Waals surface area contributed by atoms with Crippen LogP contribution in [0, 0.1) is 0 Å². The molecular weight excluding hydrogens is 467 g/mol. The van der Waals surface area contributed by atoms with E-state index in [0.29, 0.717) is 40.7 Å². The summed E-state index contributed by atoms with van der Waals surface area (Å²) in [4.78, 5) is 2.23. The van der Waals surface area contributed by atoms with Gasteiger partial charge in [0.15, 0.2) is 0 Å². The number of hydrogen-bond acceptors (Lipinski definition) is 7. The Morgan fingerprint density at radius 1 is 0.909 bits per heavy atom. The third-order valence-corrected chi connectivity index (χ3v) is 6.27. The summed E-state index contributed by atoms with van der Waals surface area (Å²) in [6.45, 7) is 3.19. The van der Waals surface area contributed by atoms with Crippen LogP contribution in [-0.2, 0) is 0 Å². The Balaban J connectivity index is 1.27. The summed E-state index contributed by atoms with van der Waals surface area (Å²) in [5.74, 6) is 2.05. The lowest BCUT2D eigenvalue weighted by Crippen LogP contribution is -2.47. The lowest BCUT2D eigenvalue weighted by Gasteiger charge is -2.33. The Bertz CT molecular complexity index is 847. The minimum atomic E-state index is -0.596. The highest BCUT2D eigenvalue weighted by molar-refractivity contribution is 6.42. The number of aliphatic hydroxyl groups is 2. The second-order valence-corrected chi connectivity index (χ2v) is 8.98. The third kappa shape index (κ3) is 8.85. The molecule has 7 nitrogen and oxygen atoms in total. The summed E-state index contributed by atoms with van der Waals surface area (Å²) in [6, 6.07) is 12.7. The van der Waals surface area contributed by atoms with Gasteiger partial charge in [-0.1, -0.05) is 23.2 Å². The standard InChI is InChI=1S/C24H32Cl2N2O5/c1-31-20-2-4-21(5-3-20)32-15-18(29)13-27-17-8-10-28(11-9-17)14-19(30)16-33-22-6-7-23(25)24(26)12-22/h2-7,12,17-19,27,29-30H,8-11,13-16H2,1H3/t18-,19+/m1/s1. The topological polar surface area (TPSA) is 83.4 Å². The van der Waals surface area contributed by atoms with E-state index >= 15 is 0 Å². The lowest BCUT2D eigenvalue weighted by molar-refractivity contribution is 0.0556. The summed E-state index contributed by atoms with van der Waals surface area (Å²) in [5.41, 5.74) is 0. The van der Waals surface area contributed by atoms with Crippen LogP contribution in [0.2, 0.25) is 10.0 Å². The first-order chi connectivity index (χ1) is 15.9. The lowest BCUT2D eigenvalue weighted by atomic mass is 10.0. The maximum absolute atomic E-state index is 10.3. The smallest absolute Gasteiger partial charge is 0.121 e. The van der Waals surface area contributed by atoms with Crippen molar-refractivity contribution in [3.05, 3.63) is 52.5 Å². The first-order valence-electron chi connectivity index (χ1n) is 11.1. The highest BCUT2D eigenvalue weighted by atomic mass is 35.5. The molecular formula is C24H32Cl2N2O5. The van der Waals surface area contributed by atoms with Crippen LogP contribution < -0.4 is 19.5 Å². The quantitative estimate of drug-likeness (QED) is 0.414. The molecule has 3 N–H and O–H groups in total. The SMILES string of the molecule is COc1ccc(OC[C@H](O)CNC2CCN(C[C@H](O)COc3ccc(Cl)c(Cl)c3)CC2)cc1. The van der Waals surface area contributed by atoms with Crippen LogP contribution in [0.4, 0.5) is 0 Å². The van der Waals surface area contributed by atoms with E-state index in [9.17, 15) is 10.2 Å². The van der Waals surface area contributed by atoms with E-state index in [1.807, 2.05) is 24.3 Å². The van der Waals surface area contributed by atoms with E-state index < -0.39 is 12.2 Å². The van der Waals surface area contributed by atoms with Crippen LogP contribution in [0.3, 0.4) is 0 Å². The minimum absolute atomic E-state index is 0.191. The van der Waals surface area contributed by atoms with Crippen molar-refractivity contribution in [1.29, 1.82) is 0 Å². The van der Waals surface area contributed by atoms with Gasteiger partial charge in [-0.15, -0.1) is 0 Å². The average molecular weight is 499 g/mol. The fraction of sp³-hybridized carbons (Fsp3) is 0.500. The molecule has 0 aliphatic carbocycles. The Kier molecular flexibility index (Phi) is 10.4. The first-order valence-corrected chi connectivity index (χ1v) is 11.8. The van der Waals surface area contributed by atoms with E-state index in [1.54, 1.807) is 25.3 Å². The molecule has 9 heteroatoms. The van der Waals surface area contributed by atoms with Gasteiger partial charge >= 0.3 is 0 Å². The number of hydrogen-bond donors (Lipinski definition) is 3. The predicted octanol–water partition coefficient (Wildman–Crippen LogP) is 3.24. The van der Waals surface area contributed by atoms with E-state index in [4.69, 9.17) is 37.4 Å². The Hall–Kier alpha value is -1.74. The molecule has 2 aromatic carbocycles. The number of aliphatic hydroxyl groups excluding tert-OH is 2. The van der Waals surface area contributed by atoms with Gasteiger partial charge in [-0.05, 0) is 62.3 Å². The number of methoxy groups -OCH3 is 1. The van der Waals surface area contributed by atoms with Crippen molar-refractivity contribution in [1.82, 2.24) is 10.2 Å². The number of rotatable bonds is 12. The van der Waals surface area contributed by atoms with Gasteiger partial charge in [-0.25, -0.2) is 0 Å². The predicted molar refractivity (Wildman–Crippen MR) is 130 cm³/mol. The summed E-state index contributed by atoms with van der Waals surface area (Å²) in [5, 5.41) is 24.8. The molecule has 0 radical (unpaired) electrons. The number of benzene rings is 2. The van der Waals surface area contributed by atoms with E-state index in [2.05, 4.69) is 10.2 Å². The minimum Gasteiger partial charge on any atom is -0.497 e. The summed E-state index contributed by atoms with van der Waals surface area (Å²) in [7, 11) is 1.62. The van der Waals surface area contributed by atoms with Crippen LogP contribution in [0.1, 0.15) is 12.8 Å². The molecule has 0 amide bonds. The number of halogens is 2. The van der Waals surface area contributed by atoms with Gasteiger partial charge < -0.3 is 34.6 Å². The van der Waals surface area contributed by atoms with Crippen molar-refractivity contribution in [2.75, 3.05) is 46.5 Å². The van der Waals surface area contributed by atoms with Gasteiger partial charge in [0, 0.05) is 25.2 Å². The summed E-state index contributed by atoms with van der Waals surface area (Å²) >= 11 is 11.9. The molecule has 1 aliphatic rings. The first kappa shape index (κ1) is 25.9. The molecule has 1 saturated heterocycles. The van der Waals surface area contributed by atoms with E-state index in [0.717, 1.165) is 31.7 Å². The zero-order chi connectivity index (χ0) is 23.6. The van der Waals surface area contributed by atoms with E-state index in [-0.39, 0.29) is 13.2 Å². The van der Waals surface area contributed by atoms with Gasteiger partial charge in [0.2, 0.25) is 0 Å². The maximum Gasteiger partial charge on any atom is 0.121 e. The zero-order valence-electron chi connectivity index (χ0n) is 18.8. The number of nitrogens with zero attached hydrogens (tertiary/aromatic N) is 1. The molecule has 182 valence electrons. The molecule has 0 saturated carbocycles. The Morgan fingerprint density at radius 2 is 1.52 bits per heavy atom. The van der Waals surface area contributed by atoms with Crippen molar-refractivity contribution >= 4 is 23.2 Å². The summed E-state index contributed by atoms with van der Waals surface area (Å²) < 4.78 is 16.4. The number of piperidine rings is 1. The van der Waals surface area contributed by atoms with Crippen molar-refractivity contribution in [2.24, 2.45) is 0 Å². The van der Waals surface area contributed by atoms with Gasteiger partial charge in [-0.3, -0.25) is 0 Å². The van der Waals surface area contributed by atoms with Crippen molar-refractivity contribution in [3.63, 3.8) is 0 Å². The van der Waals surface area contributed by atoms with Crippen molar-refractivity contribution < 1.29 is 24.4 Å². The molecule has 33 heavy (non-hydrogen) atoms. The number of β-amino-alcohol motifs (C(OH)–C–C–N with tert-alkyl or cyclic N) is 1. The van der Waals surface area contributed by atoms with Gasteiger partial charge in [0.25, 0.3) is 0 Å². The molecule has 0 aromatic heterocycles. The molecule has 3 rings (SSSR count). The fourth-order valence-corrected chi connectivity index (χ4v) is 3.94. The molecule has 2 atom stereocenters. The second-order valence-electron chi connectivity index (χ2n) is 8.16. The molecule has 1 heterocycles. The van der Waals surface area contributed by atoms with Crippen molar-refractivity contribution in [2.45, 2.75) is 31.1 Å². The number of ether oxygens (including phenoxy) is 3. The van der Waals surface area contributed by atoms with Crippen LogP contribution in [0.25, 0.3) is 0 Å². The average Bonchev–Trinajstić information content (AvgIpc) is 2.83. The fourth-order valence-electron chi connectivity index (χ4n) is 3.66. The molecule has 0 unspecified atom stereocenters. The largest absolute Gasteiger partial charge is 0.497 e. The zero-order valence-corrected chi connectivity index (χ0v) is 20.3. The molecule has 1 fully saturated rings. The monoisotopic (exact) mass is 498 g/mol. The molecule has 2 aromatic rings. The highest BCUT2D eigenvalue weighted by Crippen LogP contribution is 2.26. The van der Waals surface area contributed by atoms with E-state index in [1.165, 1.54) is 0 Å². The van der Waals surface area contributed by atoms with Crippen LogP contribution in [0.5, 0.6) is 17.2 Å². The number of nitrogens with one attached hydrogen (secondary N) is 1. The number of likely N-dealkylation sites (tertiary alicyclic amines) is 1. The Morgan fingerprint density at radius 3 is 2.18 bits per heavy atom. The van der Waals surface area contributed by atoms with Crippen molar-refractivity contribution in [3.8, 4) is 17.2 Å². The molecule has 0 spiro atoms. The van der Waals surface area contributed by atoms with Gasteiger partial charge in [0.05, 0.1) is 17.2 Å². The molecule has 1 aliphatic heterocycles. The van der Waals surface area contributed by atoms with Crippen LogP contribution in [0.15, 0.2) is 42.5 Å². The third-order valence-electron chi connectivity index (χ3n) is 5.53. The normalized spacial score (nSPS) is 16.9. The highest BCUT2D eigenvalue weighted by Gasteiger charge is 2.21.